The number of hydrogen-bond acceptors (Lipinski definition) is 3. The van der Waals surface area contributed by atoms with Gasteiger partial charge < -0.3 is 5.32 Å². The molecule has 3 aromatic carbocycles. The van der Waals surface area contributed by atoms with E-state index in [1.807, 2.05) is 12.1 Å². The molecule has 1 aromatic heterocycles. The van der Waals surface area contributed by atoms with Gasteiger partial charge in [0, 0.05) is 10.9 Å². The third kappa shape index (κ3) is 3.68. The Labute approximate surface area is 158 Å². The van der Waals surface area contributed by atoms with Crippen molar-refractivity contribution in [2.24, 2.45) is 0 Å². The van der Waals surface area contributed by atoms with Crippen molar-refractivity contribution in [3.63, 3.8) is 0 Å². The number of nitrogens with one attached hydrogen (secondary N) is 1. The lowest BCUT2D eigenvalue weighted by Gasteiger charge is -2.12. The van der Waals surface area contributed by atoms with E-state index in [-0.39, 0.29) is 6.04 Å². The maximum absolute atomic E-state index is 4.76. The van der Waals surface area contributed by atoms with E-state index >= 15 is 0 Å². The third-order valence-electron chi connectivity index (χ3n) is 4.43. The summed E-state index contributed by atoms with van der Waals surface area (Å²) in [7, 11) is 0. The van der Waals surface area contributed by atoms with Crippen molar-refractivity contribution in [3.05, 3.63) is 95.9 Å². The third-order valence-corrected chi connectivity index (χ3v) is 5.21. The van der Waals surface area contributed by atoms with Crippen LogP contribution >= 0.6 is 11.3 Å². The number of nitrogens with zero attached hydrogens (tertiary/aromatic N) is 1. The van der Waals surface area contributed by atoms with E-state index in [9.17, 15) is 0 Å². The maximum atomic E-state index is 4.76. The van der Waals surface area contributed by atoms with Crippen molar-refractivity contribution >= 4 is 16.5 Å². The Kier molecular flexibility index (Phi) is 4.80. The van der Waals surface area contributed by atoms with Crippen LogP contribution in [0.2, 0.25) is 0 Å². The quantitative estimate of drug-likeness (QED) is 0.433. The van der Waals surface area contributed by atoms with E-state index in [1.165, 1.54) is 16.7 Å². The number of aromatic nitrogens is 1. The summed E-state index contributed by atoms with van der Waals surface area (Å²) in [4.78, 5) is 4.76. The second kappa shape index (κ2) is 7.54. The molecule has 128 valence electrons. The van der Waals surface area contributed by atoms with Gasteiger partial charge in [-0.1, -0.05) is 84.9 Å². The first kappa shape index (κ1) is 16.6. The van der Waals surface area contributed by atoms with Crippen LogP contribution in [-0.4, -0.2) is 4.98 Å². The van der Waals surface area contributed by atoms with Crippen LogP contribution in [0.25, 0.3) is 22.4 Å². The minimum atomic E-state index is 0.232. The van der Waals surface area contributed by atoms with Gasteiger partial charge in [0.15, 0.2) is 5.13 Å². The molecule has 26 heavy (non-hydrogen) atoms. The van der Waals surface area contributed by atoms with Crippen LogP contribution in [0.3, 0.4) is 0 Å². The van der Waals surface area contributed by atoms with Crippen LogP contribution in [0.5, 0.6) is 0 Å². The zero-order valence-electron chi connectivity index (χ0n) is 14.6. The lowest BCUT2D eigenvalue weighted by molar-refractivity contribution is 0.882. The van der Waals surface area contributed by atoms with Crippen molar-refractivity contribution in [3.8, 4) is 22.4 Å². The van der Waals surface area contributed by atoms with Gasteiger partial charge in [0.1, 0.15) is 0 Å². The van der Waals surface area contributed by atoms with E-state index in [2.05, 4.69) is 90.4 Å². The zero-order chi connectivity index (χ0) is 17.8. The van der Waals surface area contributed by atoms with Crippen molar-refractivity contribution < 1.29 is 0 Å². The highest BCUT2D eigenvalue weighted by Crippen LogP contribution is 2.29. The largest absolute Gasteiger partial charge is 0.355 e. The number of rotatable bonds is 5. The van der Waals surface area contributed by atoms with E-state index in [4.69, 9.17) is 4.98 Å². The van der Waals surface area contributed by atoms with Crippen LogP contribution in [0.4, 0.5) is 5.13 Å². The molecular formula is C23H20N2S. The average Bonchev–Trinajstić information content (AvgIpc) is 3.18. The fourth-order valence-corrected chi connectivity index (χ4v) is 3.75. The molecule has 0 spiro atoms. The summed E-state index contributed by atoms with van der Waals surface area (Å²) in [5, 5.41) is 6.55. The van der Waals surface area contributed by atoms with Gasteiger partial charge in [0.25, 0.3) is 0 Å². The molecule has 0 bridgehead atoms. The first-order chi connectivity index (χ1) is 12.8. The van der Waals surface area contributed by atoms with Gasteiger partial charge in [-0.05, 0) is 23.6 Å². The van der Waals surface area contributed by atoms with E-state index in [0.717, 1.165) is 16.4 Å². The fraction of sp³-hybridized carbons (Fsp3) is 0.0870. The lowest BCUT2D eigenvalue weighted by Crippen LogP contribution is -2.05. The molecule has 3 heteroatoms. The summed E-state index contributed by atoms with van der Waals surface area (Å²) in [5.74, 6) is 0. The predicted molar refractivity (Wildman–Crippen MR) is 111 cm³/mol. The molecule has 0 amide bonds. The molecule has 0 aliphatic carbocycles. The SMILES string of the molecule is C[C@H](Nc1nc(-c2ccc(-c3ccccc3)cc2)cs1)c1ccccc1. The average molecular weight is 356 g/mol. The van der Waals surface area contributed by atoms with Crippen molar-refractivity contribution in [1.82, 2.24) is 4.98 Å². The Bertz CT molecular complexity index is 960. The fourth-order valence-electron chi connectivity index (χ4n) is 2.95. The number of thiazole rings is 1. The van der Waals surface area contributed by atoms with E-state index in [1.54, 1.807) is 11.3 Å². The first-order valence-corrected chi connectivity index (χ1v) is 9.60. The van der Waals surface area contributed by atoms with Crippen LogP contribution < -0.4 is 5.32 Å². The number of anilines is 1. The van der Waals surface area contributed by atoms with Gasteiger partial charge in [-0.15, -0.1) is 11.3 Å². The minimum absolute atomic E-state index is 0.232. The summed E-state index contributed by atoms with van der Waals surface area (Å²) >= 11 is 1.65. The molecule has 0 unspecified atom stereocenters. The Morgan fingerprint density at radius 3 is 2.00 bits per heavy atom. The van der Waals surface area contributed by atoms with Crippen molar-refractivity contribution in [2.45, 2.75) is 13.0 Å². The summed E-state index contributed by atoms with van der Waals surface area (Å²) in [6, 6.07) is 29.7. The molecule has 2 nitrogen and oxygen atoms in total. The molecular weight excluding hydrogens is 336 g/mol. The highest BCUT2D eigenvalue weighted by molar-refractivity contribution is 7.14. The Balaban J connectivity index is 1.49. The molecule has 1 heterocycles. The molecule has 4 aromatic rings. The van der Waals surface area contributed by atoms with E-state index < -0.39 is 0 Å². The van der Waals surface area contributed by atoms with Crippen LogP contribution in [0, 0.1) is 0 Å². The Hall–Kier alpha value is -2.91. The van der Waals surface area contributed by atoms with Gasteiger partial charge in [0.05, 0.1) is 11.7 Å². The van der Waals surface area contributed by atoms with Gasteiger partial charge >= 0.3 is 0 Å². The standard InChI is InChI=1S/C23H20N2S/c1-17(18-8-4-2-5-9-18)24-23-25-22(16-26-23)21-14-12-20(13-15-21)19-10-6-3-7-11-19/h2-17H,1H3,(H,24,25)/t17-/m0/s1. The number of benzene rings is 3. The Morgan fingerprint density at radius 2 is 1.31 bits per heavy atom. The maximum Gasteiger partial charge on any atom is 0.183 e. The summed E-state index contributed by atoms with van der Waals surface area (Å²) in [6.07, 6.45) is 0. The normalized spacial score (nSPS) is 11.9. The van der Waals surface area contributed by atoms with Gasteiger partial charge in [-0.2, -0.15) is 0 Å². The van der Waals surface area contributed by atoms with Crippen LogP contribution in [-0.2, 0) is 0 Å². The van der Waals surface area contributed by atoms with Gasteiger partial charge in [0.2, 0.25) is 0 Å². The van der Waals surface area contributed by atoms with Crippen molar-refractivity contribution in [1.29, 1.82) is 0 Å². The van der Waals surface area contributed by atoms with Crippen molar-refractivity contribution in [2.75, 3.05) is 5.32 Å². The second-order valence-corrected chi connectivity index (χ2v) is 7.12. The molecule has 0 saturated heterocycles. The molecule has 4 rings (SSSR count). The molecule has 0 saturated carbocycles. The smallest absolute Gasteiger partial charge is 0.183 e. The molecule has 0 aliphatic heterocycles. The molecule has 1 atom stereocenters. The summed E-state index contributed by atoms with van der Waals surface area (Å²) in [6.45, 7) is 2.16. The minimum Gasteiger partial charge on any atom is -0.355 e. The zero-order valence-corrected chi connectivity index (χ0v) is 15.4. The monoisotopic (exact) mass is 356 g/mol. The van der Waals surface area contributed by atoms with Crippen LogP contribution in [0.1, 0.15) is 18.5 Å². The lowest BCUT2D eigenvalue weighted by atomic mass is 10.0. The van der Waals surface area contributed by atoms with Gasteiger partial charge in [-0.25, -0.2) is 4.98 Å². The Morgan fingerprint density at radius 1 is 0.731 bits per heavy atom. The van der Waals surface area contributed by atoms with E-state index in [0.29, 0.717) is 0 Å². The summed E-state index contributed by atoms with van der Waals surface area (Å²) in [5.41, 5.74) is 5.87. The molecule has 0 aliphatic rings. The highest BCUT2D eigenvalue weighted by Gasteiger charge is 2.09. The molecule has 1 N–H and O–H groups in total. The highest BCUT2D eigenvalue weighted by atomic mass is 32.1. The topological polar surface area (TPSA) is 24.9 Å². The second-order valence-electron chi connectivity index (χ2n) is 6.26. The molecule has 0 radical (unpaired) electrons. The predicted octanol–water partition coefficient (Wildman–Crippen LogP) is 6.65. The van der Waals surface area contributed by atoms with Gasteiger partial charge in [-0.3, -0.25) is 0 Å². The van der Waals surface area contributed by atoms with Crippen LogP contribution in [0.15, 0.2) is 90.3 Å². The number of hydrogen-bond donors (Lipinski definition) is 1. The first-order valence-electron chi connectivity index (χ1n) is 8.72. The molecule has 0 fully saturated rings. The summed E-state index contributed by atoms with van der Waals surface area (Å²) < 4.78 is 0.